The van der Waals surface area contributed by atoms with E-state index >= 15 is 0 Å². The molecule has 3 rings (SSSR count). The lowest BCUT2D eigenvalue weighted by molar-refractivity contribution is 0.112. The quantitative estimate of drug-likeness (QED) is 0.319. The van der Waals surface area contributed by atoms with Gasteiger partial charge in [0.05, 0.1) is 26.9 Å². The zero-order chi connectivity index (χ0) is 20.8. The SMILES string of the molecule is COc1ccc(Br)c(/C=C/c2cccc(-c3cccc(C=O)c3OC)c2OC)c1. The second-order valence-corrected chi connectivity index (χ2v) is 7.05. The Morgan fingerprint density at radius 3 is 1.90 bits per heavy atom. The van der Waals surface area contributed by atoms with Crippen molar-refractivity contribution in [3.05, 3.63) is 75.8 Å². The van der Waals surface area contributed by atoms with E-state index in [1.807, 2.05) is 60.7 Å². The van der Waals surface area contributed by atoms with Gasteiger partial charge >= 0.3 is 0 Å². The average molecular weight is 453 g/mol. The predicted molar refractivity (Wildman–Crippen MR) is 120 cm³/mol. The maximum Gasteiger partial charge on any atom is 0.153 e. The Labute approximate surface area is 178 Å². The molecule has 0 aliphatic carbocycles. The molecule has 3 aromatic rings. The van der Waals surface area contributed by atoms with E-state index in [2.05, 4.69) is 15.9 Å². The second kappa shape index (κ2) is 9.43. The van der Waals surface area contributed by atoms with Crippen LogP contribution in [0.3, 0.4) is 0 Å². The van der Waals surface area contributed by atoms with E-state index in [0.29, 0.717) is 17.1 Å². The largest absolute Gasteiger partial charge is 0.497 e. The molecular weight excluding hydrogens is 432 g/mol. The van der Waals surface area contributed by atoms with Gasteiger partial charge in [-0.05, 0) is 29.8 Å². The third kappa shape index (κ3) is 4.35. The zero-order valence-electron chi connectivity index (χ0n) is 16.4. The molecule has 0 aromatic heterocycles. The fourth-order valence-corrected chi connectivity index (χ4v) is 3.55. The summed E-state index contributed by atoms with van der Waals surface area (Å²) in [5, 5.41) is 0. The summed E-state index contributed by atoms with van der Waals surface area (Å²) in [5.41, 5.74) is 4.02. The molecule has 0 aliphatic rings. The van der Waals surface area contributed by atoms with Crippen molar-refractivity contribution >= 4 is 34.4 Å². The zero-order valence-corrected chi connectivity index (χ0v) is 18.0. The van der Waals surface area contributed by atoms with Crippen molar-refractivity contribution in [2.75, 3.05) is 21.3 Å². The third-order valence-electron chi connectivity index (χ3n) is 4.56. The number of ether oxygens (including phenoxy) is 3. The van der Waals surface area contributed by atoms with Crippen molar-refractivity contribution in [2.45, 2.75) is 0 Å². The fraction of sp³-hybridized carbons (Fsp3) is 0.125. The lowest BCUT2D eigenvalue weighted by Crippen LogP contribution is -1.96. The molecule has 0 bridgehead atoms. The second-order valence-electron chi connectivity index (χ2n) is 6.19. The first kappa shape index (κ1) is 20.7. The molecule has 0 fully saturated rings. The van der Waals surface area contributed by atoms with E-state index in [4.69, 9.17) is 14.2 Å². The molecular formula is C24H21BrO4. The highest BCUT2D eigenvalue weighted by molar-refractivity contribution is 9.10. The molecule has 0 spiro atoms. The molecule has 0 unspecified atom stereocenters. The maximum atomic E-state index is 11.4. The Bertz CT molecular complexity index is 1060. The summed E-state index contributed by atoms with van der Waals surface area (Å²) < 4.78 is 17.5. The number of para-hydroxylation sites is 2. The van der Waals surface area contributed by atoms with E-state index in [1.165, 1.54) is 0 Å². The molecule has 0 aliphatic heterocycles. The predicted octanol–water partition coefficient (Wildman–Crippen LogP) is 6.12. The molecule has 0 atom stereocenters. The highest BCUT2D eigenvalue weighted by Crippen LogP contribution is 2.40. The monoisotopic (exact) mass is 452 g/mol. The Kier molecular flexibility index (Phi) is 6.73. The smallest absolute Gasteiger partial charge is 0.153 e. The molecule has 5 heteroatoms. The summed E-state index contributed by atoms with van der Waals surface area (Å²) in [6.45, 7) is 0. The molecule has 0 amide bonds. The third-order valence-corrected chi connectivity index (χ3v) is 5.28. The minimum absolute atomic E-state index is 0.494. The number of methoxy groups -OCH3 is 3. The molecule has 148 valence electrons. The first-order valence-corrected chi connectivity index (χ1v) is 9.73. The van der Waals surface area contributed by atoms with E-state index in [-0.39, 0.29) is 0 Å². The fourth-order valence-electron chi connectivity index (χ4n) is 3.17. The number of rotatable bonds is 7. The average Bonchev–Trinajstić information content (AvgIpc) is 2.77. The summed E-state index contributed by atoms with van der Waals surface area (Å²) in [7, 11) is 4.83. The molecule has 29 heavy (non-hydrogen) atoms. The summed E-state index contributed by atoms with van der Waals surface area (Å²) >= 11 is 3.57. The number of aldehydes is 1. The summed E-state index contributed by atoms with van der Waals surface area (Å²) in [4.78, 5) is 11.4. The highest BCUT2D eigenvalue weighted by Gasteiger charge is 2.16. The van der Waals surface area contributed by atoms with Gasteiger partial charge in [-0.25, -0.2) is 0 Å². The van der Waals surface area contributed by atoms with Crippen LogP contribution < -0.4 is 14.2 Å². The number of carbonyl (C=O) groups is 1. The first-order valence-electron chi connectivity index (χ1n) is 8.94. The molecule has 0 N–H and O–H groups in total. The van der Waals surface area contributed by atoms with Gasteiger partial charge in [-0.15, -0.1) is 0 Å². The number of benzene rings is 3. The van der Waals surface area contributed by atoms with E-state index in [9.17, 15) is 4.79 Å². The van der Waals surface area contributed by atoms with Crippen molar-refractivity contribution in [1.82, 2.24) is 0 Å². The molecule has 0 radical (unpaired) electrons. The van der Waals surface area contributed by atoms with E-state index in [0.717, 1.165) is 38.8 Å². The Morgan fingerprint density at radius 1 is 0.724 bits per heavy atom. The highest BCUT2D eigenvalue weighted by atomic mass is 79.9. The van der Waals surface area contributed by atoms with Gasteiger partial charge < -0.3 is 14.2 Å². The van der Waals surface area contributed by atoms with E-state index < -0.39 is 0 Å². The van der Waals surface area contributed by atoms with Crippen LogP contribution in [0.1, 0.15) is 21.5 Å². The Hall–Kier alpha value is -3.05. The van der Waals surface area contributed by atoms with Crippen LogP contribution in [0.15, 0.2) is 59.1 Å². The standard InChI is InChI=1S/C24H21BrO4/c1-27-19-12-13-22(25)17(14-19)11-10-16-6-4-8-20(23(16)28-2)21-9-5-7-18(15-26)24(21)29-3/h4-15H,1-3H3/b11-10+. The number of hydrogen-bond acceptors (Lipinski definition) is 4. The topological polar surface area (TPSA) is 44.8 Å². The van der Waals surface area contributed by atoms with Gasteiger partial charge in [-0.3, -0.25) is 4.79 Å². The van der Waals surface area contributed by atoms with Crippen LogP contribution in [0, 0.1) is 0 Å². The first-order chi connectivity index (χ1) is 14.1. The van der Waals surface area contributed by atoms with Crippen molar-refractivity contribution in [3.8, 4) is 28.4 Å². The van der Waals surface area contributed by atoms with Crippen molar-refractivity contribution in [1.29, 1.82) is 0 Å². The molecule has 4 nitrogen and oxygen atoms in total. The van der Waals surface area contributed by atoms with Gasteiger partial charge in [0.15, 0.2) is 6.29 Å². The summed E-state index contributed by atoms with van der Waals surface area (Å²) in [5.74, 6) is 2.01. The molecule has 3 aromatic carbocycles. The number of carbonyl (C=O) groups excluding carboxylic acids is 1. The summed E-state index contributed by atoms with van der Waals surface area (Å²) in [6, 6.07) is 17.1. The minimum Gasteiger partial charge on any atom is -0.497 e. The van der Waals surface area contributed by atoms with Crippen LogP contribution in [0.2, 0.25) is 0 Å². The maximum absolute atomic E-state index is 11.4. The van der Waals surface area contributed by atoms with Gasteiger partial charge in [0.1, 0.15) is 17.2 Å². The van der Waals surface area contributed by atoms with Gasteiger partial charge in [-0.1, -0.05) is 58.4 Å². The van der Waals surface area contributed by atoms with Crippen LogP contribution in [-0.4, -0.2) is 27.6 Å². The van der Waals surface area contributed by atoms with Crippen molar-refractivity contribution in [2.24, 2.45) is 0 Å². The number of halogens is 1. The number of hydrogen-bond donors (Lipinski definition) is 0. The van der Waals surface area contributed by atoms with Crippen LogP contribution in [0.4, 0.5) is 0 Å². The lowest BCUT2D eigenvalue weighted by Gasteiger charge is -2.15. The van der Waals surface area contributed by atoms with Gasteiger partial charge in [0.25, 0.3) is 0 Å². The van der Waals surface area contributed by atoms with Gasteiger partial charge in [0.2, 0.25) is 0 Å². The lowest BCUT2D eigenvalue weighted by atomic mass is 9.98. The van der Waals surface area contributed by atoms with Crippen LogP contribution in [-0.2, 0) is 0 Å². The van der Waals surface area contributed by atoms with Crippen LogP contribution in [0.25, 0.3) is 23.3 Å². The van der Waals surface area contributed by atoms with Crippen molar-refractivity contribution < 1.29 is 19.0 Å². The molecule has 0 saturated heterocycles. The summed E-state index contributed by atoms with van der Waals surface area (Å²) in [6.07, 6.45) is 4.77. The minimum atomic E-state index is 0.494. The normalized spacial score (nSPS) is 10.8. The molecule has 0 saturated carbocycles. The van der Waals surface area contributed by atoms with E-state index in [1.54, 1.807) is 27.4 Å². The Morgan fingerprint density at radius 2 is 1.31 bits per heavy atom. The van der Waals surface area contributed by atoms with Gasteiger partial charge in [-0.2, -0.15) is 0 Å². The van der Waals surface area contributed by atoms with Crippen molar-refractivity contribution in [3.63, 3.8) is 0 Å². The Balaban J connectivity index is 2.10. The molecule has 0 heterocycles. The van der Waals surface area contributed by atoms with Crippen LogP contribution >= 0.6 is 15.9 Å². The van der Waals surface area contributed by atoms with Gasteiger partial charge in [0, 0.05) is 21.2 Å². The van der Waals surface area contributed by atoms with Crippen LogP contribution in [0.5, 0.6) is 17.2 Å².